The van der Waals surface area contributed by atoms with Gasteiger partial charge in [0.1, 0.15) is 11.5 Å². The molecule has 1 aliphatic heterocycles. The van der Waals surface area contributed by atoms with E-state index in [0.717, 1.165) is 36.6 Å². The lowest BCUT2D eigenvalue weighted by molar-refractivity contribution is -0.117. The van der Waals surface area contributed by atoms with Crippen molar-refractivity contribution < 1.29 is 14.3 Å². The first-order chi connectivity index (χ1) is 12.2. The molecule has 1 fully saturated rings. The molecule has 0 saturated carbocycles. The van der Waals surface area contributed by atoms with Crippen molar-refractivity contribution in [2.75, 3.05) is 18.1 Å². The number of carbonyl (C=O) groups excluding carboxylic acids is 1. The average molecular weight is 339 g/mol. The van der Waals surface area contributed by atoms with Crippen LogP contribution in [0.15, 0.2) is 48.5 Å². The highest BCUT2D eigenvalue weighted by atomic mass is 16.5. The highest BCUT2D eigenvalue weighted by molar-refractivity contribution is 5.77. The van der Waals surface area contributed by atoms with E-state index >= 15 is 0 Å². The number of para-hydroxylation sites is 2. The second-order valence-corrected chi connectivity index (χ2v) is 6.37. The lowest BCUT2D eigenvalue weighted by atomic mass is 10.1. The molecule has 1 aliphatic rings. The van der Waals surface area contributed by atoms with Crippen molar-refractivity contribution in [2.24, 2.45) is 0 Å². The summed E-state index contributed by atoms with van der Waals surface area (Å²) in [5, 5.41) is 0. The van der Waals surface area contributed by atoms with Crippen LogP contribution in [0.5, 0.6) is 17.2 Å². The van der Waals surface area contributed by atoms with Crippen molar-refractivity contribution in [3.63, 3.8) is 0 Å². The van der Waals surface area contributed by atoms with Crippen LogP contribution in [0.3, 0.4) is 0 Å². The summed E-state index contributed by atoms with van der Waals surface area (Å²) in [6.45, 7) is 5.24. The Hall–Kier alpha value is -2.49. The van der Waals surface area contributed by atoms with Crippen molar-refractivity contribution in [2.45, 2.75) is 39.2 Å². The van der Waals surface area contributed by atoms with Gasteiger partial charge < -0.3 is 14.4 Å². The van der Waals surface area contributed by atoms with Gasteiger partial charge in [-0.3, -0.25) is 4.79 Å². The number of hydrogen-bond donors (Lipinski definition) is 0. The first kappa shape index (κ1) is 17.3. The maximum Gasteiger partial charge on any atom is 0.169 e. The quantitative estimate of drug-likeness (QED) is 0.724. The van der Waals surface area contributed by atoms with Crippen molar-refractivity contribution in [3.8, 4) is 17.2 Å². The van der Waals surface area contributed by atoms with Gasteiger partial charge in [0.15, 0.2) is 11.5 Å². The fourth-order valence-corrected chi connectivity index (χ4v) is 3.36. The summed E-state index contributed by atoms with van der Waals surface area (Å²) in [6, 6.07) is 16.1. The van der Waals surface area contributed by atoms with Gasteiger partial charge in [-0.05, 0) is 63.1 Å². The minimum Gasteiger partial charge on any atom is -0.490 e. The van der Waals surface area contributed by atoms with Crippen LogP contribution in [0.25, 0.3) is 0 Å². The van der Waals surface area contributed by atoms with E-state index in [0.29, 0.717) is 24.8 Å². The Kier molecular flexibility index (Phi) is 5.59. The maximum absolute atomic E-state index is 11.5. The molecule has 3 rings (SSSR count). The molecule has 1 unspecified atom stereocenters. The van der Waals surface area contributed by atoms with Crippen molar-refractivity contribution >= 4 is 11.5 Å². The predicted octanol–water partition coefficient (Wildman–Crippen LogP) is 4.83. The number of nitrogens with zero attached hydrogens (tertiary/aromatic N) is 1. The summed E-state index contributed by atoms with van der Waals surface area (Å²) in [5.41, 5.74) is 1.15. The second kappa shape index (κ2) is 8.06. The van der Waals surface area contributed by atoms with Gasteiger partial charge in [0, 0.05) is 24.7 Å². The van der Waals surface area contributed by atoms with E-state index < -0.39 is 0 Å². The van der Waals surface area contributed by atoms with Gasteiger partial charge in [-0.2, -0.15) is 0 Å². The molecule has 0 N–H and O–H groups in total. The molecule has 0 bridgehead atoms. The molecule has 1 saturated heterocycles. The molecule has 0 spiro atoms. The molecule has 2 aromatic carbocycles. The average Bonchev–Trinajstić information content (AvgIpc) is 3.05. The molecule has 0 radical (unpaired) electrons. The Morgan fingerprint density at radius 2 is 1.84 bits per heavy atom. The largest absolute Gasteiger partial charge is 0.490 e. The summed E-state index contributed by atoms with van der Waals surface area (Å²) in [7, 11) is 0. The first-order valence-corrected chi connectivity index (χ1v) is 8.93. The molecule has 1 heterocycles. The monoisotopic (exact) mass is 339 g/mol. The van der Waals surface area contributed by atoms with Gasteiger partial charge >= 0.3 is 0 Å². The molecule has 0 aromatic heterocycles. The van der Waals surface area contributed by atoms with Gasteiger partial charge in [-0.1, -0.05) is 12.1 Å². The molecule has 4 heteroatoms. The Bertz CT molecular complexity index is 711. The highest BCUT2D eigenvalue weighted by Gasteiger charge is 2.25. The summed E-state index contributed by atoms with van der Waals surface area (Å²) < 4.78 is 11.6. The Balaban J connectivity index is 1.71. The van der Waals surface area contributed by atoms with E-state index in [1.54, 1.807) is 6.92 Å². The normalized spacial score (nSPS) is 16.7. The molecular formula is C21H25NO3. The van der Waals surface area contributed by atoms with Crippen molar-refractivity contribution in [1.29, 1.82) is 0 Å². The number of anilines is 1. The summed E-state index contributed by atoms with van der Waals surface area (Å²) in [6.07, 6.45) is 2.84. The number of carbonyl (C=O) groups is 1. The lowest BCUT2D eigenvalue weighted by Gasteiger charge is -2.26. The molecule has 25 heavy (non-hydrogen) atoms. The van der Waals surface area contributed by atoms with Crippen LogP contribution in [-0.2, 0) is 4.79 Å². The number of Topliss-reactive ketones (excluding diaryl/α,β-unsaturated/α-hetero) is 1. The zero-order chi connectivity index (χ0) is 17.6. The van der Waals surface area contributed by atoms with E-state index in [1.807, 2.05) is 43.3 Å². The predicted molar refractivity (Wildman–Crippen MR) is 99.8 cm³/mol. The number of ether oxygens (including phenoxy) is 2. The molecule has 0 amide bonds. The van der Waals surface area contributed by atoms with Gasteiger partial charge in [0.05, 0.1) is 6.61 Å². The molecular weight excluding hydrogens is 314 g/mol. The van der Waals surface area contributed by atoms with Crippen LogP contribution in [0, 0.1) is 0 Å². The van der Waals surface area contributed by atoms with Gasteiger partial charge in [0.2, 0.25) is 0 Å². The van der Waals surface area contributed by atoms with Gasteiger partial charge in [-0.15, -0.1) is 0 Å². The summed E-state index contributed by atoms with van der Waals surface area (Å²) in [4.78, 5) is 13.8. The fraction of sp³-hybridized carbons (Fsp3) is 0.381. The van der Waals surface area contributed by atoms with Crippen LogP contribution in [0.2, 0.25) is 0 Å². The number of benzene rings is 2. The van der Waals surface area contributed by atoms with E-state index in [-0.39, 0.29) is 5.78 Å². The van der Waals surface area contributed by atoms with Gasteiger partial charge in [-0.25, -0.2) is 0 Å². The van der Waals surface area contributed by atoms with E-state index in [1.165, 1.54) is 0 Å². The standard InChI is InChI=1S/C21H25NO3/c1-3-24-20-8-4-5-9-21(20)25-19-12-10-17(11-13-19)22-14-6-7-18(22)15-16(2)23/h4-5,8-13,18H,3,6-7,14-15H2,1-2H3. The van der Waals surface area contributed by atoms with E-state index in [4.69, 9.17) is 9.47 Å². The summed E-state index contributed by atoms with van der Waals surface area (Å²) >= 11 is 0. The second-order valence-electron chi connectivity index (χ2n) is 6.37. The maximum atomic E-state index is 11.5. The van der Waals surface area contributed by atoms with Crippen LogP contribution < -0.4 is 14.4 Å². The highest BCUT2D eigenvalue weighted by Crippen LogP contribution is 2.33. The Labute approximate surface area is 149 Å². The van der Waals surface area contributed by atoms with Gasteiger partial charge in [0.25, 0.3) is 0 Å². The number of rotatable bonds is 7. The van der Waals surface area contributed by atoms with E-state index in [9.17, 15) is 4.79 Å². The van der Waals surface area contributed by atoms with Crippen molar-refractivity contribution in [1.82, 2.24) is 0 Å². The molecule has 0 aliphatic carbocycles. The third-order valence-corrected chi connectivity index (χ3v) is 4.45. The summed E-state index contributed by atoms with van der Waals surface area (Å²) in [5.74, 6) is 2.49. The third-order valence-electron chi connectivity index (χ3n) is 4.45. The van der Waals surface area contributed by atoms with Crippen LogP contribution >= 0.6 is 0 Å². The third kappa shape index (κ3) is 4.32. The Morgan fingerprint density at radius 3 is 2.52 bits per heavy atom. The van der Waals surface area contributed by atoms with Crippen LogP contribution in [-0.4, -0.2) is 25.0 Å². The first-order valence-electron chi connectivity index (χ1n) is 8.93. The SMILES string of the molecule is CCOc1ccccc1Oc1ccc(N2CCCC2CC(C)=O)cc1. The molecule has 4 nitrogen and oxygen atoms in total. The minimum atomic E-state index is 0.254. The van der Waals surface area contributed by atoms with E-state index in [2.05, 4.69) is 17.0 Å². The fourth-order valence-electron chi connectivity index (χ4n) is 3.36. The smallest absolute Gasteiger partial charge is 0.169 e. The topological polar surface area (TPSA) is 38.8 Å². The Morgan fingerprint density at radius 1 is 1.12 bits per heavy atom. The lowest BCUT2D eigenvalue weighted by Crippen LogP contribution is -2.30. The van der Waals surface area contributed by atoms with Crippen molar-refractivity contribution in [3.05, 3.63) is 48.5 Å². The molecule has 2 aromatic rings. The zero-order valence-electron chi connectivity index (χ0n) is 14.9. The van der Waals surface area contributed by atoms with Crippen LogP contribution in [0.1, 0.15) is 33.1 Å². The molecule has 132 valence electrons. The number of hydrogen-bond acceptors (Lipinski definition) is 4. The zero-order valence-corrected chi connectivity index (χ0v) is 14.9. The minimum absolute atomic E-state index is 0.254. The molecule has 1 atom stereocenters. The van der Waals surface area contributed by atoms with Crippen LogP contribution in [0.4, 0.5) is 5.69 Å². The number of ketones is 1.